The summed E-state index contributed by atoms with van der Waals surface area (Å²) in [6.07, 6.45) is 0.718. The van der Waals surface area contributed by atoms with Gasteiger partial charge in [-0.15, -0.1) is 0 Å². The van der Waals surface area contributed by atoms with Crippen LogP contribution >= 0.6 is 0 Å². The molecule has 2 unspecified atom stereocenters. The number of carbonyl (C=O) groups is 1. The number of carboxylic acids is 1. The van der Waals surface area contributed by atoms with E-state index in [1.165, 1.54) is 23.4 Å². The van der Waals surface area contributed by atoms with Gasteiger partial charge < -0.3 is 19.9 Å². The van der Waals surface area contributed by atoms with Gasteiger partial charge in [-0.2, -0.15) is 0 Å². The molecule has 0 radical (unpaired) electrons. The topological polar surface area (TPSA) is 67.8 Å². The molecule has 1 aliphatic rings. The summed E-state index contributed by atoms with van der Waals surface area (Å²) in [7, 11) is 1.49. The van der Waals surface area contributed by atoms with Crippen molar-refractivity contribution in [3.05, 3.63) is 107 Å². The number of hydrogen-bond donors (Lipinski definition) is 2. The molecule has 5 heteroatoms. The molecule has 0 amide bonds. The molecular formula is C29H27NO4. The van der Waals surface area contributed by atoms with Crippen LogP contribution in [0.15, 0.2) is 84.9 Å². The van der Waals surface area contributed by atoms with Crippen LogP contribution in [0.4, 0.5) is 0 Å². The van der Waals surface area contributed by atoms with Crippen LogP contribution in [0.5, 0.6) is 11.5 Å². The van der Waals surface area contributed by atoms with Gasteiger partial charge in [-0.25, -0.2) is 4.79 Å². The summed E-state index contributed by atoms with van der Waals surface area (Å²) in [5, 5.41) is 15.7. The molecule has 0 spiro atoms. The second-order valence-electron chi connectivity index (χ2n) is 8.60. The third-order valence-corrected chi connectivity index (χ3v) is 6.51. The molecule has 0 fully saturated rings. The minimum absolute atomic E-state index is 0.0368. The first kappa shape index (κ1) is 22.0. The number of carboxylic acid groups (broad SMARTS) is 1. The summed E-state index contributed by atoms with van der Waals surface area (Å²) in [4.78, 5) is 11.8. The molecule has 34 heavy (non-hydrogen) atoms. The molecule has 4 aromatic carbocycles. The van der Waals surface area contributed by atoms with Crippen molar-refractivity contribution in [1.29, 1.82) is 0 Å². The van der Waals surface area contributed by atoms with E-state index in [0.29, 0.717) is 12.3 Å². The van der Waals surface area contributed by atoms with Crippen LogP contribution in [0.1, 0.15) is 39.4 Å². The molecule has 5 nitrogen and oxygen atoms in total. The molecule has 0 aromatic heterocycles. The Hall–Kier alpha value is -3.83. The fraction of sp³-hybridized carbons (Fsp3) is 0.207. The summed E-state index contributed by atoms with van der Waals surface area (Å²) in [6, 6.07) is 28.2. The van der Waals surface area contributed by atoms with Gasteiger partial charge in [-0.05, 0) is 46.5 Å². The first-order chi connectivity index (χ1) is 16.6. The molecule has 0 saturated heterocycles. The first-order valence-corrected chi connectivity index (χ1v) is 11.5. The van der Waals surface area contributed by atoms with E-state index >= 15 is 0 Å². The van der Waals surface area contributed by atoms with Crippen LogP contribution in [0.3, 0.4) is 0 Å². The van der Waals surface area contributed by atoms with Crippen molar-refractivity contribution in [1.82, 2.24) is 5.32 Å². The summed E-state index contributed by atoms with van der Waals surface area (Å²) in [6.45, 7) is 1.44. The Kier molecular flexibility index (Phi) is 6.19. The van der Waals surface area contributed by atoms with Crippen LogP contribution in [0.25, 0.3) is 10.8 Å². The minimum atomic E-state index is -0.993. The third-order valence-electron chi connectivity index (χ3n) is 6.51. The predicted molar refractivity (Wildman–Crippen MR) is 133 cm³/mol. The standard InChI is InChI=1S/C29H27NO4/c1-33-27-14-13-20(15-26(27)29(31)32)25-16-22(34-28-12-5-4-11-24(25)28)18-30-17-21-9-6-8-19-7-2-3-10-23(19)21/h2-15,22,25,30H,16-18H2,1H3,(H,31,32). The maximum Gasteiger partial charge on any atom is 0.339 e. The summed E-state index contributed by atoms with van der Waals surface area (Å²) in [5.74, 6) is 0.263. The van der Waals surface area contributed by atoms with Crippen molar-refractivity contribution in [3.8, 4) is 11.5 Å². The second kappa shape index (κ2) is 9.57. The van der Waals surface area contributed by atoms with Gasteiger partial charge in [0.2, 0.25) is 0 Å². The SMILES string of the molecule is COc1ccc(C2CC(CNCc3cccc4ccccc34)Oc3ccccc32)cc1C(=O)O. The zero-order chi connectivity index (χ0) is 23.5. The van der Waals surface area contributed by atoms with Crippen molar-refractivity contribution >= 4 is 16.7 Å². The summed E-state index contributed by atoms with van der Waals surface area (Å²) < 4.78 is 11.6. The fourth-order valence-electron chi connectivity index (χ4n) is 4.86. The molecule has 0 bridgehead atoms. The van der Waals surface area contributed by atoms with Crippen LogP contribution in [0, 0.1) is 0 Å². The van der Waals surface area contributed by atoms with Gasteiger partial charge in [0, 0.05) is 24.6 Å². The second-order valence-corrected chi connectivity index (χ2v) is 8.60. The Morgan fingerprint density at radius 3 is 2.68 bits per heavy atom. The van der Waals surface area contributed by atoms with Gasteiger partial charge in [-0.3, -0.25) is 0 Å². The van der Waals surface area contributed by atoms with E-state index in [4.69, 9.17) is 9.47 Å². The quantitative estimate of drug-likeness (QED) is 0.380. The highest BCUT2D eigenvalue weighted by molar-refractivity contribution is 5.91. The molecule has 1 heterocycles. The van der Waals surface area contributed by atoms with Crippen LogP contribution in [0.2, 0.25) is 0 Å². The lowest BCUT2D eigenvalue weighted by atomic mass is 9.83. The lowest BCUT2D eigenvalue weighted by Gasteiger charge is -2.33. The van der Waals surface area contributed by atoms with Crippen molar-refractivity contribution < 1.29 is 19.4 Å². The Labute approximate surface area is 199 Å². The number of aromatic carboxylic acids is 1. The van der Waals surface area contributed by atoms with Gasteiger partial charge in [0.15, 0.2) is 0 Å². The maximum atomic E-state index is 11.8. The number of benzene rings is 4. The third kappa shape index (κ3) is 4.35. The number of nitrogens with one attached hydrogen (secondary N) is 1. The maximum absolute atomic E-state index is 11.8. The fourth-order valence-corrected chi connectivity index (χ4v) is 4.86. The van der Waals surface area contributed by atoms with E-state index in [1.54, 1.807) is 12.1 Å². The Balaban J connectivity index is 1.36. The highest BCUT2D eigenvalue weighted by Gasteiger charge is 2.30. The lowest BCUT2D eigenvalue weighted by Crippen LogP contribution is -2.35. The number of ether oxygens (including phenoxy) is 2. The van der Waals surface area contributed by atoms with E-state index in [9.17, 15) is 9.90 Å². The molecule has 172 valence electrons. The number of rotatable bonds is 7. The molecule has 5 rings (SSSR count). The van der Waals surface area contributed by atoms with Crippen molar-refractivity contribution in [2.45, 2.75) is 25.0 Å². The van der Waals surface area contributed by atoms with Crippen LogP contribution in [-0.4, -0.2) is 30.8 Å². The molecule has 0 saturated carbocycles. The smallest absolute Gasteiger partial charge is 0.339 e. The largest absolute Gasteiger partial charge is 0.496 e. The van der Waals surface area contributed by atoms with E-state index in [1.807, 2.05) is 24.3 Å². The molecule has 4 aromatic rings. The predicted octanol–water partition coefficient (Wildman–Crippen LogP) is 5.62. The van der Waals surface area contributed by atoms with Crippen LogP contribution in [-0.2, 0) is 6.54 Å². The van der Waals surface area contributed by atoms with E-state index in [-0.39, 0.29) is 17.6 Å². The molecule has 1 aliphatic heterocycles. The van der Waals surface area contributed by atoms with Crippen molar-refractivity contribution in [2.75, 3.05) is 13.7 Å². The van der Waals surface area contributed by atoms with E-state index in [0.717, 1.165) is 29.8 Å². The highest BCUT2D eigenvalue weighted by Crippen LogP contribution is 2.41. The van der Waals surface area contributed by atoms with Gasteiger partial charge >= 0.3 is 5.97 Å². The number of methoxy groups -OCH3 is 1. The number of para-hydroxylation sites is 1. The Bertz CT molecular complexity index is 1330. The van der Waals surface area contributed by atoms with Gasteiger partial charge in [0.1, 0.15) is 23.2 Å². The van der Waals surface area contributed by atoms with Crippen molar-refractivity contribution in [3.63, 3.8) is 0 Å². The monoisotopic (exact) mass is 453 g/mol. The summed E-state index contributed by atoms with van der Waals surface area (Å²) >= 11 is 0. The van der Waals surface area contributed by atoms with E-state index in [2.05, 4.69) is 53.8 Å². The highest BCUT2D eigenvalue weighted by atomic mass is 16.5. The first-order valence-electron chi connectivity index (χ1n) is 11.5. The van der Waals surface area contributed by atoms with Crippen molar-refractivity contribution in [2.24, 2.45) is 0 Å². The zero-order valence-corrected chi connectivity index (χ0v) is 19.0. The van der Waals surface area contributed by atoms with E-state index < -0.39 is 5.97 Å². The normalized spacial score (nSPS) is 17.1. The summed E-state index contributed by atoms with van der Waals surface area (Å²) in [5.41, 5.74) is 3.46. The minimum Gasteiger partial charge on any atom is -0.496 e. The average Bonchev–Trinajstić information content (AvgIpc) is 2.88. The molecule has 0 aliphatic carbocycles. The lowest BCUT2D eigenvalue weighted by molar-refractivity contribution is 0.0693. The molecule has 2 N–H and O–H groups in total. The number of fused-ring (bicyclic) bond motifs is 2. The zero-order valence-electron chi connectivity index (χ0n) is 19.0. The van der Waals surface area contributed by atoms with Gasteiger partial charge in [0.25, 0.3) is 0 Å². The van der Waals surface area contributed by atoms with Gasteiger partial charge in [-0.1, -0.05) is 66.7 Å². The Morgan fingerprint density at radius 1 is 1.03 bits per heavy atom. The molecule has 2 atom stereocenters. The average molecular weight is 454 g/mol. The van der Waals surface area contributed by atoms with Crippen LogP contribution < -0.4 is 14.8 Å². The van der Waals surface area contributed by atoms with Gasteiger partial charge in [0.05, 0.1) is 7.11 Å². The molecular weight excluding hydrogens is 426 g/mol. The number of hydrogen-bond acceptors (Lipinski definition) is 4. The Morgan fingerprint density at radius 2 is 1.82 bits per heavy atom.